The van der Waals surface area contributed by atoms with Crippen molar-refractivity contribution in [1.29, 1.82) is 0 Å². The van der Waals surface area contributed by atoms with E-state index in [2.05, 4.69) is 42.2 Å². The summed E-state index contributed by atoms with van der Waals surface area (Å²) in [5.41, 5.74) is 5.08. The van der Waals surface area contributed by atoms with Crippen molar-refractivity contribution < 1.29 is 9.53 Å². The maximum atomic E-state index is 13.4. The Morgan fingerprint density at radius 1 is 1.13 bits per heavy atom. The number of methoxy groups -OCH3 is 1. The average Bonchev–Trinajstić information content (AvgIpc) is 3.11. The summed E-state index contributed by atoms with van der Waals surface area (Å²) < 4.78 is 4.78. The second kappa shape index (κ2) is 15.0. The topological polar surface area (TPSA) is 90.0 Å². The van der Waals surface area contributed by atoms with Crippen molar-refractivity contribution in [3.05, 3.63) is 44.4 Å². The van der Waals surface area contributed by atoms with Crippen molar-refractivity contribution >= 4 is 23.9 Å². The molecular weight excluding hydrogens is 478 g/mol. The summed E-state index contributed by atoms with van der Waals surface area (Å²) >= 11 is 0. The lowest BCUT2D eigenvalue weighted by Gasteiger charge is -2.34. The first kappa shape index (κ1) is 29.8. The van der Waals surface area contributed by atoms with Crippen LogP contribution in [0.2, 0.25) is 0 Å². The third kappa shape index (κ3) is 7.23. The number of unbranched alkanes of at least 4 members (excludes halogenated alkanes) is 2. The van der Waals surface area contributed by atoms with Crippen molar-refractivity contribution in [1.82, 2.24) is 15.2 Å². The fourth-order valence-corrected chi connectivity index (χ4v) is 5.13. The molecule has 4 rings (SSSR count). The van der Waals surface area contributed by atoms with Crippen LogP contribution >= 0.6 is 0 Å². The molecule has 2 aliphatic heterocycles. The standard InChI is InChI=1S/C25H35N5O2.C5H12O/c1-4-6-7-18(5-2)30-23-19(10-11-27-30)24(31)28-22-9-8-17(3)20(16-21(22)23)25(32)29-14-12-26-13-15-29;1-3-4-5-6-2/h8,11,16,18,26H,4-7,9-10,12-15H2,1-3H3,(H,28,31);3-5H2,1-2H3. The van der Waals surface area contributed by atoms with E-state index in [0.29, 0.717) is 25.9 Å². The zero-order valence-electron chi connectivity index (χ0n) is 24.1. The number of fused-ring (bicyclic) bond motifs is 3. The lowest BCUT2D eigenvalue weighted by atomic mass is 9.97. The number of pyridine rings is 1. The highest BCUT2D eigenvalue weighted by molar-refractivity contribution is 6.03. The van der Waals surface area contributed by atoms with Crippen LogP contribution in [0.25, 0.3) is 6.08 Å². The van der Waals surface area contributed by atoms with Crippen molar-refractivity contribution in [2.24, 2.45) is 5.10 Å². The Morgan fingerprint density at radius 3 is 2.50 bits per heavy atom. The number of rotatable bonds is 9. The maximum absolute atomic E-state index is 13.4. The fraction of sp³-hybridized carbons (Fsp3) is 0.633. The zero-order chi connectivity index (χ0) is 27.5. The number of piperazine rings is 1. The van der Waals surface area contributed by atoms with E-state index in [0.717, 1.165) is 79.0 Å². The van der Waals surface area contributed by atoms with Crippen LogP contribution in [0.5, 0.6) is 0 Å². The van der Waals surface area contributed by atoms with Gasteiger partial charge in [0.2, 0.25) is 0 Å². The number of carbonyl (C=O) groups is 1. The third-order valence-corrected chi connectivity index (χ3v) is 7.51. The number of ether oxygens (including phenoxy) is 1. The van der Waals surface area contributed by atoms with Crippen molar-refractivity contribution in [2.45, 2.75) is 85.1 Å². The molecule has 0 radical (unpaired) electrons. The molecule has 1 unspecified atom stereocenters. The van der Waals surface area contributed by atoms with Gasteiger partial charge in [-0.1, -0.05) is 46.1 Å². The van der Waals surface area contributed by atoms with Crippen LogP contribution < -0.4 is 15.9 Å². The lowest BCUT2D eigenvalue weighted by Crippen LogP contribution is -2.47. The van der Waals surface area contributed by atoms with Crippen molar-refractivity contribution in [3.63, 3.8) is 0 Å². The highest BCUT2D eigenvalue weighted by atomic mass is 16.5. The number of aromatic nitrogens is 1. The highest BCUT2D eigenvalue weighted by Crippen LogP contribution is 2.36. The minimum Gasteiger partial charge on any atom is -0.385 e. The normalized spacial score (nSPS) is 17.4. The summed E-state index contributed by atoms with van der Waals surface area (Å²) in [7, 11) is 1.73. The molecule has 1 saturated heterocycles. The first-order valence-electron chi connectivity index (χ1n) is 14.4. The lowest BCUT2D eigenvalue weighted by molar-refractivity contribution is -0.127. The summed E-state index contributed by atoms with van der Waals surface area (Å²) in [6.07, 6.45) is 13.7. The largest absolute Gasteiger partial charge is 0.385 e. The Morgan fingerprint density at radius 2 is 1.87 bits per heavy atom. The fourth-order valence-electron chi connectivity index (χ4n) is 5.13. The van der Waals surface area contributed by atoms with E-state index in [1.807, 2.05) is 24.1 Å². The molecule has 8 heteroatoms. The van der Waals surface area contributed by atoms with Crippen LogP contribution in [0.1, 0.15) is 83.0 Å². The van der Waals surface area contributed by atoms with Gasteiger partial charge in [0.15, 0.2) is 0 Å². The molecule has 0 saturated carbocycles. The Balaban J connectivity index is 0.000000599. The molecule has 8 nitrogen and oxygen atoms in total. The zero-order valence-corrected chi connectivity index (χ0v) is 24.1. The Hall–Kier alpha value is -2.71. The van der Waals surface area contributed by atoms with Gasteiger partial charge in [0.25, 0.3) is 11.5 Å². The second-order valence-electron chi connectivity index (χ2n) is 10.3. The number of hydrogen-bond donors (Lipinski definition) is 2. The second-order valence-corrected chi connectivity index (χ2v) is 10.3. The number of nitrogens with one attached hydrogen (secondary N) is 2. The summed E-state index contributed by atoms with van der Waals surface area (Å²) in [5.74, 6) is 0.0666. The number of anilines is 1. The molecule has 0 spiro atoms. The first-order chi connectivity index (χ1) is 18.5. The van der Waals surface area contributed by atoms with Gasteiger partial charge < -0.3 is 19.9 Å². The molecule has 1 aromatic rings. The van der Waals surface area contributed by atoms with E-state index in [-0.39, 0.29) is 17.5 Å². The van der Waals surface area contributed by atoms with E-state index in [4.69, 9.17) is 9.84 Å². The number of H-pyrrole nitrogens is 1. The smallest absolute Gasteiger partial charge is 0.254 e. The predicted octanol–water partition coefficient (Wildman–Crippen LogP) is 4.44. The van der Waals surface area contributed by atoms with Crippen molar-refractivity contribution in [3.8, 4) is 0 Å². The minimum absolute atomic E-state index is 0.0448. The molecule has 3 aliphatic rings. The molecule has 210 valence electrons. The summed E-state index contributed by atoms with van der Waals surface area (Å²) in [5, 5.41) is 10.1. The molecule has 3 heterocycles. The van der Waals surface area contributed by atoms with Gasteiger partial charge in [-0.05, 0) is 37.8 Å². The molecule has 38 heavy (non-hydrogen) atoms. The van der Waals surface area contributed by atoms with Gasteiger partial charge in [-0.3, -0.25) is 14.6 Å². The monoisotopic (exact) mass is 525 g/mol. The van der Waals surface area contributed by atoms with Gasteiger partial charge in [0.1, 0.15) is 0 Å². The van der Waals surface area contributed by atoms with Gasteiger partial charge in [-0.2, -0.15) is 5.10 Å². The summed E-state index contributed by atoms with van der Waals surface area (Å²) in [6, 6.07) is 0.231. The third-order valence-electron chi connectivity index (χ3n) is 7.51. The first-order valence-corrected chi connectivity index (χ1v) is 14.4. The molecule has 1 fully saturated rings. The van der Waals surface area contributed by atoms with Gasteiger partial charge in [0.05, 0.1) is 11.7 Å². The van der Waals surface area contributed by atoms with Crippen LogP contribution in [0.4, 0.5) is 5.69 Å². The van der Waals surface area contributed by atoms with E-state index < -0.39 is 0 Å². The summed E-state index contributed by atoms with van der Waals surface area (Å²) in [6.45, 7) is 12.5. The van der Waals surface area contributed by atoms with Crippen molar-refractivity contribution in [2.75, 3.05) is 44.9 Å². The van der Waals surface area contributed by atoms with Gasteiger partial charge in [-0.15, -0.1) is 0 Å². The predicted molar refractivity (Wildman–Crippen MR) is 157 cm³/mol. The van der Waals surface area contributed by atoms with Crippen LogP contribution in [-0.4, -0.2) is 67.9 Å². The van der Waals surface area contributed by atoms with E-state index in [9.17, 15) is 9.59 Å². The van der Waals surface area contributed by atoms with Crippen LogP contribution in [0, 0.1) is 0 Å². The highest BCUT2D eigenvalue weighted by Gasteiger charge is 2.30. The number of amides is 1. The molecule has 0 aromatic carbocycles. The SMILES string of the molecule is CCCCC(CC)N1N=CCc2c1c1c([nH]c2=O)CC=C(C)C(C(=O)N2CCNCC2)=C1.CCCCOC. The number of carbonyl (C=O) groups excluding carboxylic acids is 1. The maximum Gasteiger partial charge on any atom is 0.254 e. The van der Waals surface area contributed by atoms with E-state index in [1.165, 1.54) is 12.8 Å². The quantitative estimate of drug-likeness (QED) is 0.465. The van der Waals surface area contributed by atoms with E-state index >= 15 is 0 Å². The number of allylic oxidation sites excluding steroid dienone is 1. The van der Waals surface area contributed by atoms with Crippen LogP contribution in [0.15, 0.2) is 27.1 Å². The minimum atomic E-state index is -0.0448. The molecule has 0 bridgehead atoms. The summed E-state index contributed by atoms with van der Waals surface area (Å²) in [4.78, 5) is 31.5. The molecular formula is C30H47N5O3. The van der Waals surface area contributed by atoms with Gasteiger partial charge in [-0.25, -0.2) is 0 Å². The number of aromatic amines is 1. The van der Waals surface area contributed by atoms with Crippen LogP contribution in [0.3, 0.4) is 0 Å². The molecule has 1 aromatic heterocycles. The number of hydrogen-bond acceptors (Lipinski definition) is 6. The molecule has 1 amide bonds. The van der Waals surface area contributed by atoms with Gasteiger partial charge >= 0.3 is 0 Å². The van der Waals surface area contributed by atoms with E-state index in [1.54, 1.807) is 7.11 Å². The van der Waals surface area contributed by atoms with Crippen LogP contribution in [-0.2, 0) is 22.4 Å². The Labute approximate surface area is 228 Å². The molecule has 2 N–H and O–H groups in total. The number of nitrogens with zero attached hydrogens (tertiary/aromatic N) is 3. The molecule has 1 atom stereocenters. The number of hydrazone groups is 1. The average molecular weight is 526 g/mol. The Bertz CT molecular complexity index is 1080. The van der Waals surface area contributed by atoms with Gasteiger partial charge in [0, 0.05) is 81.3 Å². The molecule has 1 aliphatic carbocycles. The Kier molecular flexibility index (Phi) is 11.8.